The van der Waals surface area contributed by atoms with Crippen molar-refractivity contribution in [2.75, 3.05) is 24.7 Å². The van der Waals surface area contributed by atoms with E-state index < -0.39 is 0 Å². The number of carbonyl (C=O) groups excluding carboxylic acids is 1. The second-order valence-corrected chi connectivity index (χ2v) is 9.73. The molecular weight excluding hydrogens is 480 g/mol. The average Bonchev–Trinajstić information content (AvgIpc) is 3.36. The number of nitrogens with one attached hydrogen (secondary N) is 1. The number of nitrogens with zero attached hydrogens (tertiary/aromatic N) is 1. The highest BCUT2D eigenvalue weighted by atomic mass is 32.1. The van der Waals surface area contributed by atoms with Gasteiger partial charge in [0.25, 0.3) is 5.91 Å². The van der Waals surface area contributed by atoms with E-state index in [1.807, 2.05) is 35.2 Å². The molecule has 3 aromatic carbocycles. The second kappa shape index (κ2) is 12.1. The normalized spacial score (nSPS) is 13.6. The second-order valence-electron chi connectivity index (χ2n) is 9.35. The topological polar surface area (TPSA) is 50.8 Å². The molecule has 0 radical (unpaired) electrons. The highest BCUT2D eigenvalue weighted by Gasteiger charge is 2.24. The van der Waals surface area contributed by atoms with Crippen LogP contribution in [0.1, 0.15) is 52.7 Å². The molecule has 1 heterocycles. The van der Waals surface area contributed by atoms with E-state index in [4.69, 9.17) is 21.7 Å². The van der Waals surface area contributed by atoms with Crippen LogP contribution < -0.4 is 19.7 Å². The molecule has 37 heavy (non-hydrogen) atoms. The lowest BCUT2D eigenvalue weighted by atomic mass is 9.97. The third-order valence-electron chi connectivity index (χ3n) is 6.79. The first kappa shape index (κ1) is 25.0. The van der Waals surface area contributed by atoms with Gasteiger partial charge in [-0.3, -0.25) is 10.1 Å². The summed E-state index contributed by atoms with van der Waals surface area (Å²) >= 11 is 5.56. The third-order valence-corrected chi connectivity index (χ3v) is 7.11. The van der Waals surface area contributed by atoms with Gasteiger partial charge in [0, 0.05) is 23.7 Å². The summed E-state index contributed by atoms with van der Waals surface area (Å²) in [5.74, 6) is 1.62. The zero-order valence-corrected chi connectivity index (χ0v) is 21.8. The van der Waals surface area contributed by atoms with Gasteiger partial charge in [-0.05, 0) is 86.1 Å². The van der Waals surface area contributed by atoms with E-state index in [9.17, 15) is 4.79 Å². The van der Waals surface area contributed by atoms with Crippen molar-refractivity contribution in [3.63, 3.8) is 0 Å². The molecule has 1 aliphatic carbocycles. The van der Waals surface area contributed by atoms with Gasteiger partial charge in [-0.15, -0.1) is 0 Å². The number of hydrogen-bond acceptors (Lipinski definition) is 4. The van der Waals surface area contributed by atoms with Crippen molar-refractivity contribution in [3.05, 3.63) is 95.1 Å². The van der Waals surface area contributed by atoms with Gasteiger partial charge in [-0.25, -0.2) is 0 Å². The van der Waals surface area contributed by atoms with E-state index in [0.717, 1.165) is 62.3 Å². The maximum absolute atomic E-state index is 12.5. The van der Waals surface area contributed by atoms with Crippen molar-refractivity contribution in [3.8, 4) is 11.5 Å². The van der Waals surface area contributed by atoms with Crippen molar-refractivity contribution < 1.29 is 14.3 Å². The van der Waals surface area contributed by atoms with Crippen LogP contribution in [-0.2, 0) is 12.8 Å². The number of amides is 1. The Morgan fingerprint density at radius 3 is 2.59 bits per heavy atom. The smallest absolute Gasteiger partial charge is 0.257 e. The fraction of sp³-hybridized carbons (Fsp3) is 0.290. The quantitative estimate of drug-likeness (QED) is 0.267. The van der Waals surface area contributed by atoms with E-state index in [2.05, 4.69) is 41.7 Å². The minimum Gasteiger partial charge on any atom is -0.494 e. The monoisotopic (exact) mass is 512 g/mol. The number of fused-ring (bicyclic) bond motifs is 2. The highest BCUT2D eigenvalue weighted by molar-refractivity contribution is 7.80. The lowest BCUT2D eigenvalue weighted by molar-refractivity contribution is 0.0977. The van der Waals surface area contributed by atoms with Crippen molar-refractivity contribution in [2.45, 2.75) is 38.5 Å². The van der Waals surface area contributed by atoms with E-state index >= 15 is 0 Å². The van der Waals surface area contributed by atoms with Crippen LogP contribution in [-0.4, -0.2) is 30.8 Å². The molecule has 2 aliphatic rings. The molecule has 1 amide bonds. The number of carbonyl (C=O) groups is 1. The number of anilines is 1. The predicted molar refractivity (Wildman–Crippen MR) is 153 cm³/mol. The SMILES string of the molecule is O=C(NC(=S)N1CCc2ccc(OCCCCCOc3cccc4c3C=CCC4)cc21)c1ccccc1. The summed E-state index contributed by atoms with van der Waals surface area (Å²) < 4.78 is 12.1. The van der Waals surface area contributed by atoms with Crippen molar-refractivity contribution in [1.82, 2.24) is 5.32 Å². The van der Waals surface area contributed by atoms with Gasteiger partial charge in [0.1, 0.15) is 11.5 Å². The number of thiocarbonyl (C=S) groups is 1. The summed E-state index contributed by atoms with van der Waals surface area (Å²) in [7, 11) is 0. The Hall–Kier alpha value is -3.64. The Labute approximate surface area is 224 Å². The van der Waals surface area contributed by atoms with E-state index in [1.54, 1.807) is 12.1 Å². The zero-order valence-electron chi connectivity index (χ0n) is 20.9. The minimum absolute atomic E-state index is 0.195. The van der Waals surface area contributed by atoms with Crippen LogP contribution in [0.15, 0.2) is 72.8 Å². The number of benzene rings is 3. The number of unbranched alkanes of at least 4 members (excludes halogenated alkanes) is 2. The fourth-order valence-electron chi connectivity index (χ4n) is 4.80. The number of allylic oxidation sites excluding steroid dienone is 1. The Kier molecular flexibility index (Phi) is 8.16. The van der Waals surface area contributed by atoms with Crippen molar-refractivity contribution >= 4 is 35.0 Å². The third kappa shape index (κ3) is 6.20. The van der Waals surface area contributed by atoms with Crippen LogP contribution in [0, 0.1) is 0 Å². The van der Waals surface area contributed by atoms with Crippen LogP contribution in [0.5, 0.6) is 11.5 Å². The summed E-state index contributed by atoms with van der Waals surface area (Å²) in [6, 6.07) is 21.6. The highest BCUT2D eigenvalue weighted by Crippen LogP contribution is 2.32. The van der Waals surface area contributed by atoms with E-state index in [1.165, 1.54) is 16.7 Å². The predicted octanol–water partition coefficient (Wildman–Crippen LogP) is 6.35. The number of rotatable bonds is 9. The maximum Gasteiger partial charge on any atom is 0.257 e. The summed E-state index contributed by atoms with van der Waals surface area (Å²) in [5, 5.41) is 3.28. The van der Waals surface area contributed by atoms with Gasteiger partial charge in [0.05, 0.1) is 18.9 Å². The van der Waals surface area contributed by atoms with Gasteiger partial charge in [-0.1, -0.05) is 48.6 Å². The lowest BCUT2D eigenvalue weighted by Gasteiger charge is -2.21. The van der Waals surface area contributed by atoms with Crippen molar-refractivity contribution in [1.29, 1.82) is 0 Å². The zero-order chi connectivity index (χ0) is 25.5. The average molecular weight is 513 g/mol. The molecule has 0 bridgehead atoms. The number of ether oxygens (including phenoxy) is 2. The molecule has 0 saturated heterocycles. The van der Waals surface area contributed by atoms with Gasteiger partial charge in [-0.2, -0.15) is 0 Å². The van der Waals surface area contributed by atoms with Gasteiger partial charge >= 0.3 is 0 Å². The van der Waals surface area contributed by atoms with Gasteiger partial charge in [0.15, 0.2) is 5.11 Å². The summed E-state index contributed by atoms with van der Waals surface area (Å²) in [4.78, 5) is 14.5. The van der Waals surface area contributed by atoms with Crippen LogP contribution in [0.25, 0.3) is 6.08 Å². The molecule has 0 aromatic heterocycles. The van der Waals surface area contributed by atoms with Crippen LogP contribution >= 0.6 is 12.2 Å². The molecule has 1 N–H and O–H groups in total. The molecule has 5 nitrogen and oxygen atoms in total. The molecular formula is C31H32N2O3S. The molecule has 3 aromatic rings. The first-order chi connectivity index (χ1) is 18.2. The van der Waals surface area contributed by atoms with Crippen LogP contribution in [0.4, 0.5) is 5.69 Å². The summed E-state index contributed by atoms with van der Waals surface area (Å²) in [6.07, 6.45) is 10.5. The lowest BCUT2D eigenvalue weighted by Crippen LogP contribution is -2.41. The molecule has 0 unspecified atom stereocenters. The van der Waals surface area contributed by atoms with Crippen LogP contribution in [0.3, 0.4) is 0 Å². The minimum atomic E-state index is -0.195. The maximum atomic E-state index is 12.5. The molecule has 0 atom stereocenters. The number of hydrogen-bond donors (Lipinski definition) is 1. The standard InChI is InChI=1S/C31H32N2O3S/c34-30(25-11-3-1-4-12-25)32-31(37)33-19-18-24-16-17-26(22-28(24)33)35-20-7-2-8-21-36-29-15-9-13-23-10-5-6-14-27(23)29/h1,3-4,6,9,11-17,22H,2,5,7-8,10,18-21H2,(H,32,34,37). The van der Waals surface area contributed by atoms with Gasteiger partial charge < -0.3 is 14.4 Å². The summed E-state index contributed by atoms with van der Waals surface area (Å²) in [5.41, 5.74) is 5.41. The van der Waals surface area contributed by atoms with E-state index in [-0.39, 0.29) is 5.91 Å². The Balaban J connectivity index is 1.06. The first-order valence-corrected chi connectivity index (χ1v) is 13.4. The Bertz CT molecular complexity index is 1290. The van der Waals surface area contributed by atoms with E-state index in [0.29, 0.717) is 23.9 Å². The summed E-state index contributed by atoms with van der Waals surface area (Å²) in [6.45, 7) is 2.11. The Morgan fingerprint density at radius 2 is 1.73 bits per heavy atom. The molecule has 190 valence electrons. The van der Waals surface area contributed by atoms with Gasteiger partial charge in [0.2, 0.25) is 0 Å². The fourth-order valence-corrected chi connectivity index (χ4v) is 5.08. The molecule has 5 rings (SSSR count). The molecule has 1 aliphatic heterocycles. The molecule has 0 fully saturated rings. The first-order valence-electron chi connectivity index (χ1n) is 13.0. The van der Waals surface area contributed by atoms with Crippen molar-refractivity contribution in [2.24, 2.45) is 0 Å². The molecule has 0 spiro atoms. The largest absolute Gasteiger partial charge is 0.494 e. The van der Waals surface area contributed by atoms with Crippen LogP contribution in [0.2, 0.25) is 0 Å². The molecule has 6 heteroatoms. The molecule has 0 saturated carbocycles. The number of aryl methyl sites for hydroxylation is 1. The Morgan fingerprint density at radius 1 is 0.892 bits per heavy atom.